The standard InChI is InChI=1S/C22H24N2O/c1-24-11-10-22(15-6-5-7-17(12-15)25-2)14-16(24)13-20-21(22)18-8-3-4-9-19(18)23-20/h3-9,12,16,23H,10-11,13-14H2,1-2H3/t16-,22-/m1/s1. The molecule has 128 valence electrons. The van der Waals surface area contributed by atoms with Crippen LogP contribution in [0.5, 0.6) is 5.75 Å². The Morgan fingerprint density at radius 2 is 2.04 bits per heavy atom. The zero-order valence-electron chi connectivity index (χ0n) is 14.9. The van der Waals surface area contributed by atoms with Gasteiger partial charge in [0, 0.05) is 34.5 Å². The van der Waals surface area contributed by atoms with Crippen LogP contribution in [0, 0.1) is 0 Å². The average Bonchev–Trinajstić information content (AvgIpc) is 3.04. The van der Waals surface area contributed by atoms with E-state index < -0.39 is 0 Å². The van der Waals surface area contributed by atoms with E-state index in [2.05, 4.69) is 59.4 Å². The molecule has 2 heterocycles. The van der Waals surface area contributed by atoms with Crippen LogP contribution in [0.25, 0.3) is 10.9 Å². The number of para-hydroxylation sites is 1. The summed E-state index contributed by atoms with van der Waals surface area (Å²) in [6.45, 7) is 1.14. The van der Waals surface area contributed by atoms with E-state index in [-0.39, 0.29) is 5.41 Å². The van der Waals surface area contributed by atoms with Crippen molar-refractivity contribution in [2.75, 3.05) is 20.7 Å². The third-order valence-corrected chi connectivity index (χ3v) is 6.42. The molecule has 0 radical (unpaired) electrons. The maximum Gasteiger partial charge on any atom is 0.119 e. The van der Waals surface area contributed by atoms with E-state index in [0.29, 0.717) is 6.04 Å². The molecule has 1 aliphatic heterocycles. The number of piperidine rings is 1. The molecule has 2 atom stereocenters. The van der Waals surface area contributed by atoms with Crippen molar-refractivity contribution in [3.05, 3.63) is 65.4 Å². The maximum absolute atomic E-state index is 5.54. The van der Waals surface area contributed by atoms with E-state index in [1.807, 2.05) is 6.07 Å². The number of methoxy groups -OCH3 is 1. The molecule has 3 heteroatoms. The fraction of sp³-hybridized carbons (Fsp3) is 0.364. The SMILES string of the molecule is COc1cccc([C@]23CCN(C)[C@H](Cc4[nH]c5ccccc5c42)C3)c1. The zero-order valence-corrected chi connectivity index (χ0v) is 14.9. The largest absolute Gasteiger partial charge is 0.497 e. The summed E-state index contributed by atoms with van der Waals surface area (Å²) in [6.07, 6.45) is 3.46. The van der Waals surface area contributed by atoms with Crippen molar-refractivity contribution in [2.45, 2.75) is 30.7 Å². The molecule has 3 aromatic rings. The highest BCUT2D eigenvalue weighted by Gasteiger charge is 2.47. The number of hydrogen-bond acceptors (Lipinski definition) is 2. The van der Waals surface area contributed by atoms with Crippen molar-refractivity contribution >= 4 is 10.9 Å². The number of rotatable bonds is 2. The summed E-state index contributed by atoms with van der Waals surface area (Å²) in [6, 6.07) is 18.1. The normalized spacial score (nSPS) is 25.8. The Morgan fingerprint density at radius 3 is 2.92 bits per heavy atom. The Bertz CT molecular complexity index is 944. The minimum atomic E-state index is 0.0822. The van der Waals surface area contributed by atoms with Gasteiger partial charge in [0.25, 0.3) is 0 Å². The first-order chi connectivity index (χ1) is 12.2. The highest BCUT2D eigenvalue weighted by molar-refractivity contribution is 5.87. The third-order valence-electron chi connectivity index (χ3n) is 6.42. The molecule has 2 aliphatic rings. The topological polar surface area (TPSA) is 28.3 Å². The number of likely N-dealkylation sites (tertiary alicyclic amines) is 1. The number of fused-ring (bicyclic) bond motifs is 6. The van der Waals surface area contributed by atoms with Crippen LogP contribution in [0.1, 0.15) is 29.7 Å². The average molecular weight is 332 g/mol. The number of hydrogen-bond donors (Lipinski definition) is 1. The second-order valence-electron chi connectivity index (χ2n) is 7.63. The quantitative estimate of drug-likeness (QED) is 0.765. The Morgan fingerprint density at radius 1 is 1.16 bits per heavy atom. The van der Waals surface area contributed by atoms with Gasteiger partial charge >= 0.3 is 0 Å². The number of likely N-dealkylation sites (N-methyl/N-ethyl adjacent to an activating group) is 1. The number of nitrogens with zero attached hydrogens (tertiary/aromatic N) is 1. The highest BCUT2D eigenvalue weighted by Crippen LogP contribution is 2.51. The van der Waals surface area contributed by atoms with Crippen LogP contribution >= 0.6 is 0 Å². The lowest BCUT2D eigenvalue weighted by molar-refractivity contribution is 0.123. The lowest BCUT2D eigenvalue weighted by atomic mass is 9.61. The number of H-pyrrole nitrogens is 1. The maximum atomic E-state index is 5.54. The predicted molar refractivity (Wildman–Crippen MR) is 101 cm³/mol. The van der Waals surface area contributed by atoms with E-state index in [9.17, 15) is 0 Å². The molecule has 1 fully saturated rings. The summed E-state index contributed by atoms with van der Waals surface area (Å²) in [7, 11) is 4.03. The third kappa shape index (κ3) is 2.09. The molecule has 1 aliphatic carbocycles. The molecule has 0 saturated carbocycles. The van der Waals surface area contributed by atoms with Crippen molar-refractivity contribution < 1.29 is 4.74 Å². The van der Waals surface area contributed by atoms with Gasteiger partial charge in [0.05, 0.1) is 7.11 Å². The van der Waals surface area contributed by atoms with Crippen LogP contribution in [-0.4, -0.2) is 36.6 Å². The number of aromatic amines is 1. The van der Waals surface area contributed by atoms with Crippen LogP contribution in [0.3, 0.4) is 0 Å². The molecule has 2 aromatic carbocycles. The monoisotopic (exact) mass is 332 g/mol. The smallest absolute Gasteiger partial charge is 0.119 e. The molecule has 3 nitrogen and oxygen atoms in total. The van der Waals surface area contributed by atoms with Crippen LogP contribution in [-0.2, 0) is 11.8 Å². The van der Waals surface area contributed by atoms with Gasteiger partial charge in [-0.25, -0.2) is 0 Å². The summed E-state index contributed by atoms with van der Waals surface area (Å²) in [5.74, 6) is 0.953. The van der Waals surface area contributed by atoms with Gasteiger partial charge in [0.2, 0.25) is 0 Å². The Labute approximate surface area is 148 Å². The second-order valence-corrected chi connectivity index (χ2v) is 7.63. The summed E-state index contributed by atoms with van der Waals surface area (Å²) in [4.78, 5) is 6.27. The minimum absolute atomic E-state index is 0.0822. The van der Waals surface area contributed by atoms with Gasteiger partial charge in [-0.1, -0.05) is 30.3 Å². The molecule has 1 N–H and O–H groups in total. The fourth-order valence-electron chi connectivity index (χ4n) is 5.13. The number of aromatic nitrogens is 1. The first-order valence-electron chi connectivity index (χ1n) is 9.16. The van der Waals surface area contributed by atoms with Crippen LogP contribution < -0.4 is 4.74 Å². The summed E-state index contributed by atoms with van der Waals surface area (Å²) >= 11 is 0. The van der Waals surface area contributed by atoms with Crippen LogP contribution in [0.15, 0.2) is 48.5 Å². The molecule has 2 bridgehead atoms. The van der Waals surface area contributed by atoms with Crippen LogP contribution in [0.4, 0.5) is 0 Å². The van der Waals surface area contributed by atoms with Gasteiger partial charge in [-0.2, -0.15) is 0 Å². The predicted octanol–water partition coefficient (Wildman–Crippen LogP) is 4.11. The molecule has 1 aromatic heterocycles. The zero-order chi connectivity index (χ0) is 17.0. The summed E-state index contributed by atoms with van der Waals surface area (Å²) in [5.41, 5.74) is 5.70. The minimum Gasteiger partial charge on any atom is -0.497 e. The van der Waals surface area contributed by atoms with Gasteiger partial charge < -0.3 is 14.6 Å². The van der Waals surface area contributed by atoms with Crippen molar-refractivity contribution in [3.63, 3.8) is 0 Å². The van der Waals surface area contributed by atoms with E-state index in [4.69, 9.17) is 4.74 Å². The van der Waals surface area contributed by atoms with E-state index in [1.54, 1.807) is 7.11 Å². The van der Waals surface area contributed by atoms with Crippen LogP contribution in [0.2, 0.25) is 0 Å². The second kappa shape index (κ2) is 5.37. The van der Waals surface area contributed by atoms with Crippen molar-refractivity contribution in [1.82, 2.24) is 9.88 Å². The number of ether oxygens (including phenoxy) is 1. The molecule has 0 unspecified atom stereocenters. The van der Waals surface area contributed by atoms with E-state index >= 15 is 0 Å². The number of benzene rings is 2. The molecule has 1 saturated heterocycles. The molecule has 5 rings (SSSR count). The van der Waals surface area contributed by atoms with Gasteiger partial charge in [-0.15, -0.1) is 0 Å². The molecule has 0 amide bonds. The van der Waals surface area contributed by atoms with Gasteiger partial charge in [-0.3, -0.25) is 0 Å². The van der Waals surface area contributed by atoms with Crippen molar-refractivity contribution in [3.8, 4) is 5.75 Å². The van der Waals surface area contributed by atoms with E-state index in [0.717, 1.165) is 25.1 Å². The first-order valence-corrected chi connectivity index (χ1v) is 9.16. The summed E-state index contributed by atoms with van der Waals surface area (Å²) < 4.78 is 5.54. The van der Waals surface area contributed by atoms with E-state index in [1.165, 1.54) is 34.1 Å². The Kier molecular flexibility index (Phi) is 3.23. The number of nitrogens with one attached hydrogen (secondary N) is 1. The first kappa shape index (κ1) is 15.0. The molecular formula is C22H24N2O. The molecular weight excluding hydrogens is 308 g/mol. The van der Waals surface area contributed by atoms with Crippen molar-refractivity contribution in [1.29, 1.82) is 0 Å². The Hall–Kier alpha value is -2.26. The van der Waals surface area contributed by atoms with Gasteiger partial charge in [-0.05, 0) is 55.8 Å². The highest BCUT2D eigenvalue weighted by atomic mass is 16.5. The van der Waals surface area contributed by atoms with Crippen molar-refractivity contribution in [2.24, 2.45) is 0 Å². The van der Waals surface area contributed by atoms with Gasteiger partial charge in [0.15, 0.2) is 0 Å². The molecule has 0 spiro atoms. The van der Waals surface area contributed by atoms with Gasteiger partial charge in [0.1, 0.15) is 5.75 Å². The lowest BCUT2D eigenvalue weighted by Gasteiger charge is -2.50. The lowest BCUT2D eigenvalue weighted by Crippen LogP contribution is -2.52. The fourth-order valence-corrected chi connectivity index (χ4v) is 5.13. The Balaban J connectivity index is 1.80. The summed E-state index contributed by atoms with van der Waals surface area (Å²) in [5, 5.41) is 1.39. The molecule has 25 heavy (non-hydrogen) atoms.